The van der Waals surface area contributed by atoms with Crippen molar-refractivity contribution >= 4 is 11.9 Å². The number of aliphatic hydroxyl groups excluding tert-OH is 1. The number of hydrogen-bond donors (Lipinski definition) is 4. The Kier molecular flexibility index (Phi) is 7.52. The lowest BCUT2D eigenvalue weighted by Gasteiger charge is -2.32. The average Bonchev–Trinajstić information content (AvgIpc) is 2.57. The van der Waals surface area contributed by atoms with Gasteiger partial charge in [-0.05, 0) is 19.8 Å². The number of carbonyl (C=O) groups is 2. The summed E-state index contributed by atoms with van der Waals surface area (Å²) in [4.78, 5) is 23.7. The monoisotopic (exact) mass is 339 g/mol. The molecule has 0 unspecified atom stereocenters. The summed E-state index contributed by atoms with van der Waals surface area (Å²) < 4.78 is 5.72. The van der Waals surface area contributed by atoms with Gasteiger partial charge in [0, 0.05) is 12.6 Å². The molecule has 1 aliphatic carbocycles. The van der Waals surface area contributed by atoms with E-state index in [9.17, 15) is 14.7 Å². The highest BCUT2D eigenvalue weighted by molar-refractivity contribution is 5.77. The lowest BCUT2D eigenvalue weighted by atomic mass is 9.96. The molecule has 0 aromatic carbocycles. The number of carbonyl (C=O) groups excluding carboxylic acids is 2. The van der Waals surface area contributed by atoms with Gasteiger partial charge in [-0.15, -0.1) is 0 Å². The summed E-state index contributed by atoms with van der Waals surface area (Å²) in [5, 5.41) is 18.1. The molecule has 4 N–H and O–H groups in total. The molecule has 0 bridgehead atoms. The van der Waals surface area contributed by atoms with Gasteiger partial charge < -0.3 is 25.8 Å². The van der Waals surface area contributed by atoms with Crippen molar-refractivity contribution in [2.45, 2.75) is 69.7 Å². The van der Waals surface area contributed by atoms with Crippen LogP contribution in [0.2, 0.25) is 0 Å². The van der Waals surface area contributed by atoms with E-state index in [1.54, 1.807) is 12.2 Å². The Balaban J connectivity index is 1.83. The molecular weight excluding hydrogens is 310 g/mol. The number of aliphatic hydroxyl groups is 1. The van der Waals surface area contributed by atoms with Crippen LogP contribution in [0.15, 0.2) is 12.2 Å². The fourth-order valence-corrected chi connectivity index (χ4v) is 3.21. The van der Waals surface area contributed by atoms with E-state index in [1.165, 1.54) is 6.42 Å². The third-order valence-electron chi connectivity index (χ3n) is 4.46. The van der Waals surface area contributed by atoms with Crippen molar-refractivity contribution in [2.75, 3.05) is 13.2 Å². The molecule has 0 aromatic heterocycles. The smallest absolute Gasteiger partial charge is 0.315 e. The first-order chi connectivity index (χ1) is 11.6. The molecule has 7 nitrogen and oxygen atoms in total. The van der Waals surface area contributed by atoms with Gasteiger partial charge in [-0.25, -0.2) is 4.79 Å². The molecule has 7 heteroatoms. The molecule has 3 atom stereocenters. The summed E-state index contributed by atoms with van der Waals surface area (Å²) in [6, 6.07) is -0.407. The maximum absolute atomic E-state index is 12.1. The Labute approximate surface area is 143 Å². The normalized spacial score (nSPS) is 27.5. The zero-order valence-electron chi connectivity index (χ0n) is 14.3. The van der Waals surface area contributed by atoms with E-state index in [4.69, 9.17) is 4.74 Å². The molecule has 1 heterocycles. The number of amides is 3. The van der Waals surface area contributed by atoms with E-state index in [2.05, 4.69) is 16.0 Å². The zero-order valence-corrected chi connectivity index (χ0v) is 14.3. The Morgan fingerprint density at radius 1 is 1.17 bits per heavy atom. The van der Waals surface area contributed by atoms with Crippen LogP contribution in [0.3, 0.4) is 0 Å². The van der Waals surface area contributed by atoms with Crippen molar-refractivity contribution in [3.8, 4) is 0 Å². The fourth-order valence-electron chi connectivity index (χ4n) is 3.21. The SMILES string of the molecule is CCNC(=O)C[C@H]1C=C[C@@H](NC(=O)NC2CCCCC2)[C@@H](CO)O1. The largest absolute Gasteiger partial charge is 0.394 e. The second-order valence-corrected chi connectivity index (χ2v) is 6.42. The van der Waals surface area contributed by atoms with Crippen LogP contribution in [0.25, 0.3) is 0 Å². The molecule has 0 spiro atoms. The quantitative estimate of drug-likeness (QED) is 0.539. The molecule has 2 rings (SSSR count). The predicted molar refractivity (Wildman–Crippen MR) is 90.5 cm³/mol. The Hall–Kier alpha value is -1.60. The molecule has 1 aliphatic heterocycles. The van der Waals surface area contributed by atoms with E-state index < -0.39 is 12.1 Å². The van der Waals surface area contributed by atoms with Crippen LogP contribution >= 0.6 is 0 Å². The summed E-state index contributed by atoms with van der Waals surface area (Å²) in [6.07, 6.45) is 8.42. The second-order valence-electron chi connectivity index (χ2n) is 6.42. The number of urea groups is 1. The van der Waals surface area contributed by atoms with Gasteiger partial charge in [-0.3, -0.25) is 4.79 Å². The minimum atomic E-state index is -0.550. The second kappa shape index (κ2) is 9.64. The molecule has 1 fully saturated rings. The molecule has 24 heavy (non-hydrogen) atoms. The van der Waals surface area contributed by atoms with Gasteiger partial charge in [-0.1, -0.05) is 31.4 Å². The number of nitrogens with one attached hydrogen (secondary N) is 3. The van der Waals surface area contributed by atoms with Crippen LogP contribution in [0.4, 0.5) is 4.79 Å². The number of rotatable bonds is 6. The molecule has 2 aliphatic rings. The fraction of sp³-hybridized carbons (Fsp3) is 0.765. The van der Waals surface area contributed by atoms with Gasteiger partial charge in [0.25, 0.3) is 0 Å². The minimum Gasteiger partial charge on any atom is -0.394 e. The lowest BCUT2D eigenvalue weighted by Crippen LogP contribution is -2.53. The summed E-state index contributed by atoms with van der Waals surface area (Å²) in [5.74, 6) is -0.0923. The standard InChI is InChI=1S/C17H29N3O4/c1-2-18-16(22)10-13-8-9-14(15(11-21)24-13)20-17(23)19-12-6-4-3-5-7-12/h8-9,12-15,21H,2-7,10-11H2,1H3,(H,18,22)(H2,19,20,23)/t13-,14-,15-/m1/s1. The highest BCUT2D eigenvalue weighted by Gasteiger charge is 2.29. The topological polar surface area (TPSA) is 99.7 Å². The number of ether oxygens (including phenoxy) is 1. The maximum Gasteiger partial charge on any atom is 0.315 e. The van der Waals surface area contributed by atoms with E-state index in [0.717, 1.165) is 25.7 Å². The van der Waals surface area contributed by atoms with Gasteiger partial charge in [0.15, 0.2) is 0 Å². The van der Waals surface area contributed by atoms with Gasteiger partial charge in [-0.2, -0.15) is 0 Å². The third kappa shape index (κ3) is 5.79. The van der Waals surface area contributed by atoms with Gasteiger partial charge in [0.1, 0.15) is 6.10 Å². The molecule has 0 saturated heterocycles. The van der Waals surface area contributed by atoms with E-state index in [-0.39, 0.29) is 37.1 Å². The maximum atomic E-state index is 12.1. The Bertz CT molecular complexity index is 449. The molecule has 136 valence electrons. The van der Waals surface area contributed by atoms with Crippen molar-refractivity contribution in [1.29, 1.82) is 0 Å². The van der Waals surface area contributed by atoms with Gasteiger partial charge in [0.2, 0.25) is 5.91 Å². The Morgan fingerprint density at radius 3 is 2.58 bits per heavy atom. The first-order valence-electron chi connectivity index (χ1n) is 8.90. The van der Waals surface area contributed by atoms with E-state index in [0.29, 0.717) is 6.54 Å². The van der Waals surface area contributed by atoms with Gasteiger partial charge >= 0.3 is 6.03 Å². The van der Waals surface area contributed by atoms with Crippen molar-refractivity contribution in [2.24, 2.45) is 0 Å². The van der Waals surface area contributed by atoms with Crippen LogP contribution in [-0.2, 0) is 9.53 Å². The summed E-state index contributed by atoms with van der Waals surface area (Å²) in [7, 11) is 0. The molecule has 3 amide bonds. The van der Waals surface area contributed by atoms with Crippen molar-refractivity contribution in [3.63, 3.8) is 0 Å². The van der Waals surface area contributed by atoms with Crippen LogP contribution < -0.4 is 16.0 Å². The summed E-state index contributed by atoms with van der Waals surface area (Å²) in [5.41, 5.74) is 0. The van der Waals surface area contributed by atoms with Crippen molar-refractivity contribution in [3.05, 3.63) is 12.2 Å². The highest BCUT2D eigenvalue weighted by atomic mass is 16.5. The summed E-state index contributed by atoms with van der Waals surface area (Å²) in [6.45, 7) is 2.21. The minimum absolute atomic E-state index is 0.0923. The zero-order chi connectivity index (χ0) is 17.4. The molecule has 0 radical (unpaired) electrons. The lowest BCUT2D eigenvalue weighted by molar-refractivity contribution is -0.125. The van der Waals surface area contributed by atoms with Crippen LogP contribution in [0.1, 0.15) is 45.4 Å². The summed E-state index contributed by atoms with van der Waals surface area (Å²) >= 11 is 0. The van der Waals surface area contributed by atoms with Crippen LogP contribution in [0.5, 0.6) is 0 Å². The highest BCUT2D eigenvalue weighted by Crippen LogP contribution is 2.18. The van der Waals surface area contributed by atoms with E-state index >= 15 is 0 Å². The Morgan fingerprint density at radius 2 is 1.92 bits per heavy atom. The molecule has 1 saturated carbocycles. The first kappa shape index (κ1) is 18.7. The average molecular weight is 339 g/mol. The van der Waals surface area contributed by atoms with Crippen molar-refractivity contribution in [1.82, 2.24) is 16.0 Å². The molecule has 0 aromatic rings. The van der Waals surface area contributed by atoms with Crippen LogP contribution in [0, 0.1) is 0 Å². The van der Waals surface area contributed by atoms with Gasteiger partial charge in [0.05, 0.1) is 25.2 Å². The van der Waals surface area contributed by atoms with Crippen LogP contribution in [-0.4, -0.2) is 54.5 Å². The van der Waals surface area contributed by atoms with Crippen molar-refractivity contribution < 1.29 is 19.4 Å². The predicted octanol–water partition coefficient (Wildman–Crippen LogP) is 0.829. The third-order valence-corrected chi connectivity index (χ3v) is 4.46. The number of hydrogen-bond acceptors (Lipinski definition) is 4. The first-order valence-corrected chi connectivity index (χ1v) is 8.90. The molecular formula is C17H29N3O4. The van der Waals surface area contributed by atoms with E-state index in [1.807, 2.05) is 6.92 Å².